The predicted octanol–water partition coefficient (Wildman–Crippen LogP) is 4.38. The van der Waals surface area contributed by atoms with Gasteiger partial charge in [-0.1, -0.05) is 26.0 Å². The molecule has 0 fully saturated rings. The Morgan fingerprint density at radius 3 is 2.41 bits per heavy atom. The van der Waals surface area contributed by atoms with E-state index in [1.165, 1.54) is 5.56 Å². The Labute approximate surface area is 102 Å². The number of benzene rings is 1. The number of carbonyl (C=O) groups is 1. The monoisotopic (exact) mass is 230 g/mol. The number of aryl methyl sites for hydroxylation is 2. The number of ketones is 1. The third kappa shape index (κ3) is 1.78. The van der Waals surface area contributed by atoms with Gasteiger partial charge < -0.3 is 4.42 Å². The van der Waals surface area contributed by atoms with Crippen molar-refractivity contribution in [1.29, 1.82) is 0 Å². The Morgan fingerprint density at radius 2 is 1.88 bits per heavy atom. The highest BCUT2D eigenvalue weighted by atomic mass is 16.3. The number of Topliss-reactive ketones (excluding diaryl/α,β-unsaturated/α-hetero) is 1. The van der Waals surface area contributed by atoms with Gasteiger partial charge in [0.2, 0.25) is 0 Å². The second-order valence-corrected chi connectivity index (χ2v) is 4.94. The lowest BCUT2D eigenvalue weighted by molar-refractivity contribution is 0.0988. The number of hydrogen-bond donors (Lipinski definition) is 0. The summed E-state index contributed by atoms with van der Waals surface area (Å²) in [5.74, 6) is 0.882. The first-order valence-corrected chi connectivity index (χ1v) is 5.97. The molecular weight excluding hydrogens is 212 g/mol. The van der Waals surface area contributed by atoms with Crippen molar-refractivity contribution in [2.45, 2.75) is 40.5 Å². The van der Waals surface area contributed by atoms with Crippen LogP contribution < -0.4 is 0 Å². The molecule has 0 unspecified atom stereocenters. The van der Waals surface area contributed by atoms with Crippen LogP contribution in [0.4, 0.5) is 0 Å². The molecule has 2 heteroatoms. The van der Waals surface area contributed by atoms with Crippen LogP contribution in [0.25, 0.3) is 11.0 Å². The molecule has 0 aliphatic heterocycles. The smallest absolute Gasteiger partial charge is 0.195 e. The van der Waals surface area contributed by atoms with Crippen molar-refractivity contribution in [3.8, 4) is 0 Å². The van der Waals surface area contributed by atoms with Gasteiger partial charge in [0.15, 0.2) is 11.5 Å². The lowest BCUT2D eigenvalue weighted by atomic mass is 9.97. The van der Waals surface area contributed by atoms with E-state index in [2.05, 4.69) is 32.9 Å². The molecular formula is C15H18O2. The minimum absolute atomic E-state index is 0.00666. The first kappa shape index (κ1) is 11.9. The molecule has 90 valence electrons. The Kier molecular flexibility index (Phi) is 2.82. The number of rotatable bonds is 2. The van der Waals surface area contributed by atoms with Crippen LogP contribution in [0.5, 0.6) is 0 Å². The SMILES string of the molecule is CC(=O)c1oc2c(C(C)C)ccc(C)c2c1C. The van der Waals surface area contributed by atoms with Gasteiger partial charge in [-0.2, -0.15) is 0 Å². The van der Waals surface area contributed by atoms with Crippen LogP contribution in [0.3, 0.4) is 0 Å². The van der Waals surface area contributed by atoms with Gasteiger partial charge in [0.1, 0.15) is 5.58 Å². The summed E-state index contributed by atoms with van der Waals surface area (Å²) in [7, 11) is 0. The fraction of sp³-hybridized carbons (Fsp3) is 0.400. The quantitative estimate of drug-likeness (QED) is 0.717. The van der Waals surface area contributed by atoms with E-state index in [1.54, 1.807) is 6.92 Å². The van der Waals surface area contributed by atoms with Gasteiger partial charge in [-0.15, -0.1) is 0 Å². The predicted molar refractivity (Wildman–Crippen MR) is 69.8 cm³/mol. The van der Waals surface area contributed by atoms with Gasteiger partial charge in [-0.3, -0.25) is 4.79 Å². The zero-order chi connectivity index (χ0) is 12.7. The lowest BCUT2D eigenvalue weighted by Gasteiger charge is -2.07. The van der Waals surface area contributed by atoms with Crippen LogP contribution >= 0.6 is 0 Å². The largest absolute Gasteiger partial charge is 0.452 e. The van der Waals surface area contributed by atoms with Gasteiger partial charge in [-0.05, 0) is 30.9 Å². The zero-order valence-electron chi connectivity index (χ0n) is 11.0. The molecule has 1 aromatic carbocycles. The van der Waals surface area contributed by atoms with Crippen LogP contribution in [0.2, 0.25) is 0 Å². The maximum absolute atomic E-state index is 11.5. The summed E-state index contributed by atoms with van der Waals surface area (Å²) >= 11 is 0. The van der Waals surface area contributed by atoms with E-state index in [1.807, 2.05) is 6.92 Å². The first-order valence-electron chi connectivity index (χ1n) is 5.97. The van der Waals surface area contributed by atoms with E-state index < -0.39 is 0 Å². The number of carbonyl (C=O) groups excluding carboxylic acids is 1. The standard InChI is InChI=1S/C15H18O2/c1-8(2)12-7-6-9(3)13-10(4)14(11(5)16)17-15(12)13/h6-8H,1-5H3. The normalized spacial score (nSPS) is 11.4. The lowest BCUT2D eigenvalue weighted by Crippen LogP contribution is -1.90. The highest BCUT2D eigenvalue weighted by Crippen LogP contribution is 2.34. The third-order valence-corrected chi connectivity index (χ3v) is 3.26. The maximum Gasteiger partial charge on any atom is 0.195 e. The number of hydrogen-bond acceptors (Lipinski definition) is 2. The van der Waals surface area contributed by atoms with Crippen LogP contribution in [0.15, 0.2) is 16.5 Å². The van der Waals surface area contributed by atoms with Gasteiger partial charge in [0.05, 0.1) is 0 Å². The van der Waals surface area contributed by atoms with Crippen molar-refractivity contribution >= 4 is 16.8 Å². The van der Waals surface area contributed by atoms with Gasteiger partial charge in [0, 0.05) is 17.9 Å². The summed E-state index contributed by atoms with van der Waals surface area (Å²) in [6, 6.07) is 4.19. The molecule has 17 heavy (non-hydrogen) atoms. The van der Waals surface area contributed by atoms with E-state index in [4.69, 9.17) is 4.42 Å². The summed E-state index contributed by atoms with van der Waals surface area (Å²) in [5.41, 5.74) is 4.18. The Morgan fingerprint density at radius 1 is 1.24 bits per heavy atom. The number of fused-ring (bicyclic) bond motifs is 1. The van der Waals surface area contributed by atoms with Crippen LogP contribution in [-0.2, 0) is 0 Å². The average Bonchev–Trinajstić information content (AvgIpc) is 2.57. The van der Waals surface area contributed by atoms with E-state index in [0.717, 1.165) is 22.1 Å². The molecule has 1 heterocycles. The summed E-state index contributed by atoms with van der Waals surface area (Å²) < 4.78 is 5.78. The van der Waals surface area contributed by atoms with Crippen molar-refractivity contribution in [1.82, 2.24) is 0 Å². The summed E-state index contributed by atoms with van der Waals surface area (Å²) in [6.07, 6.45) is 0. The summed E-state index contributed by atoms with van der Waals surface area (Å²) in [5, 5.41) is 1.10. The van der Waals surface area contributed by atoms with E-state index in [-0.39, 0.29) is 5.78 Å². The van der Waals surface area contributed by atoms with Gasteiger partial charge in [0.25, 0.3) is 0 Å². The third-order valence-electron chi connectivity index (χ3n) is 3.26. The maximum atomic E-state index is 11.5. The Hall–Kier alpha value is -1.57. The molecule has 0 atom stereocenters. The van der Waals surface area contributed by atoms with Crippen LogP contribution in [0.1, 0.15) is 53.9 Å². The molecule has 0 N–H and O–H groups in total. The molecule has 0 amide bonds. The number of furan rings is 1. The molecule has 1 aromatic heterocycles. The van der Waals surface area contributed by atoms with Crippen molar-refractivity contribution in [3.05, 3.63) is 34.6 Å². The molecule has 2 nitrogen and oxygen atoms in total. The fourth-order valence-electron chi connectivity index (χ4n) is 2.36. The van der Waals surface area contributed by atoms with Crippen molar-refractivity contribution in [2.24, 2.45) is 0 Å². The molecule has 0 aliphatic rings. The average molecular weight is 230 g/mol. The minimum Gasteiger partial charge on any atom is -0.452 e. The second-order valence-electron chi connectivity index (χ2n) is 4.94. The van der Waals surface area contributed by atoms with E-state index >= 15 is 0 Å². The van der Waals surface area contributed by atoms with Crippen molar-refractivity contribution in [3.63, 3.8) is 0 Å². The van der Waals surface area contributed by atoms with E-state index in [9.17, 15) is 4.79 Å². The highest BCUT2D eigenvalue weighted by Gasteiger charge is 2.19. The van der Waals surface area contributed by atoms with Crippen LogP contribution in [-0.4, -0.2) is 5.78 Å². The zero-order valence-corrected chi connectivity index (χ0v) is 11.0. The molecule has 0 aliphatic carbocycles. The molecule has 0 spiro atoms. The molecule has 0 saturated carbocycles. The Balaban J connectivity index is 2.88. The van der Waals surface area contributed by atoms with Gasteiger partial charge >= 0.3 is 0 Å². The topological polar surface area (TPSA) is 30.2 Å². The fourth-order valence-corrected chi connectivity index (χ4v) is 2.36. The highest BCUT2D eigenvalue weighted by molar-refractivity contribution is 6.00. The molecule has 0 bridgehead atoms. The summed E-state index contributed by atoms with van der Waals surface area (Å²) in [6.45, 7) is 9.83. The van der Waals surface area contributed by atoms with Gasteiger partial charge in [-0.25, -0.2) is 0 Å². The Bertz CT molecular complexity index is 588. The van der Waals surface area contributed by atoms with Crippen molar-refractivity contribution in [2.75, 3.05) is 0 Å². The molecule has 0 radical (unpaired) electrons. The minimum atomic E-state index is -0.00666. The van der Waals surface area contributed by atoms with E-state index in [0.29, 0.717) is 11.7 Å². The molecule has 2 rings (SSSR count). The second kappa shape index (κ2) is 4.02. The molecule has 2 aromatic rings. The summed E-state index contributed by atoms with van der Waals surface area (Å²) in [4.78, 5) is 11.5. The van der Waals surface area contributed by atoms with Crippen molar-refractivity contribution < 1.29 is 9.21 Å². The van der Waals surface area contributed by atoms with Crippen LogP contribution in [0, 0.1) is 13.8 Å². The first-order chi connectivity index (χ1) is 7.93. The molecule has 0 saturated heterocycles.